The Balaban J connectivity index is 1.64. The average Bonchev–Trinajstić information content (AvgIpc) is 2.86. The van der Waals surface area contributed by atoms with Gasteiger partial charge in [-0.25, -0.2) is 0 Å². The third kappa shape index (κ3) is 3.51. The fourth-order valence-corrected chi connectivity index (χ4v) is 2.63. The molecule has 116 valence electrons. The van der Waals surface area contributed by atoms with Gasteiger partial charge in [0.05, 0.1) is 0 Å². The van der Waals surface area contributed by atoms with Crippen molar-refractivity contribution in [2.24, 2.45) is 7.05 Å². The SMILES string of the molecule is Cc1cc2cc(CNC(=O)/C=C/c3ccccc3)ccc2n1C. The Morgan fingerprint density at radius 2 is 1.91 bits per heavy atom. The minimum absolute atomic E-state index is 0.0850. The molecule has 1 aromatic heterocycles. The van der Waals surface area contributed by atoms with E-state index in [2.05, 4.69) is 48.1 Å². The quantitative estimate of drug-likeness (QED) is 0.731. The molecule has 3 rings (SSSR count). The molecule has 0 saturated carbocycles. The number of carbonyl (C=O) groups is 1. The molecule has 0 atom stereocenters. The summed E-state index contributed by atoms with van der Waals surface area (Å²) in [5.74, 6) is -0.0850. The minimum Gasteiger partial charge on any atom is -0.348 e. The Labute approximate surface area is 136 Å². The third-order valence-corrected chi connectivity index (χ3v) is 4.04. The van der Waals surface area contributed by atoms with Crippen molar-refractivity contribution in [2.75, 3.05) is 0 Å². The summed E-state index contributed by atoms with van der Waals surface area (Å²) in [4.78, 5) is 11.9. The van der Waals surface area contributed by atoms with Crippen molar-refractivity contribution in [3.8, 4) is 0 Å². The zero-order valence-electron chi connectivity index (χ0n) is 13.4. The summed E-state index contributed by atoms with van der Waals surface area (Å²) in [5.41, 5.74) is 4.56. The lowest BCUT2D eigenvalue weighted by atomic mass is 10.1. The number of hydrogen-bond acceptors (Lipinski definition) is 1. The third-order valence-electron chi connectivity index (χ3n) is 4.04. The van der Waals surface area contributed by atoms with Crippen LogP contribution in [0, 0.1) is 6.92 Å². The van der Waals surface area contributed by atoms with E-state index in [1.807, 2.05) is 36.4 Å². The number of amides is 1. The molecule has 0 spiro atoms. The van der Waals surface area contributed by atoms with Crippen molar-refractivity contribution in [1.29, 1.82) is 0 Å². The molecule has 0 aliphatic carbocycles. The molecule has 0 unspecified atom stereocenters. The number of aromatic nitrogens is 1. The largest absolute Gasteiger partial charge is 0.348 e. The van der Waals surface area contributed by atoms with Gasteiger partial charge in [-0.15, -0.1) is 0 Å². The normalized spacial score (nSPS) is 11.2. The summed E-state index contributed by atoms with van der Waals surface area (Å²) in [6.07, 6.45) is 3.39. The number of fused-ring (bicyclic) bond motifs is 1. The van der Waals surface area contributed by atoms with Gasteiger partial charge in [0.15, 0.2) is 0 Å². The first-order valence-corrected chi connectivity index (χ1v) is 7.69. The molecule has 1 heterocycles. The van der Waals surface area contributed by atoms with Crippen molar-refractivity contribution in [3.05, 3.63) is 77.5 Å². The second kappa shape index (κ2) is 6.53. The maximum atomic E-state index is 11.9. The van der Waals surface area contributed by atoms with Crippen LogP contribution in [-0.4, -0.2) is 10.5 Å². The lowest BCUT2D eigenvalue weighted by Gasteiger charge is -2.04. The molecule has 0 fully saturated rings. The van der Waals surface area contributed by atoms with Gasteiger partial charge in [0.1, 0.15) is 0 Å². The Kier molecular flexibility index (Phi) is 4.29. The summed E-state index contributed by atoms with van der Waals surface area (Å²) in [5, 5.41) is 4.13. The Bertz CT molecular complexity index is 860. The molecular weight excluding hydrogens is 284 g/mol. The molecule has 0 radical (unpaired) electrons. The van der Waals surface area contributed by atoms with Crippen molar-refractivity contribution in [3.63, 3.8) is 0 Å². The van der Waals surface area contributed by atoms with Gasteiger partial charge in [0, 0.05) is 36.3 Å². The van der Waals surface area contributed by atoms with Crippen LogP contribution >= 0.6 is 0 Å². The van der Waals surface area contributed by atoms with Crippen molar-refractivity contribution >= 4 is 22.9 Å². The second-order valence-corrected chi connectivity index (χ2v) is 5.70. The fraction of sp³-hybridized carbons (Fsp3) is 0.150. The van der Waals surface area contributed by atoms with Crippen LogP contribution in [0.4, 0.5) is 0 Å². The topological polar surface area (TPSA) is 34.0 Å². The van der Waals surface area contributed by atoms with E-state index in [4.69, 9.17) is 0 Å². The van der Waals surface area contributed by atoms with E-state index >= 15 is 0 Å². The predicted molar refractivity (Wildman–Crippen MR) is 95.0 cm³/mol. The van der Waals surface area contributed by atoms with Gasteiger partial charge in [-0.05, 0) is 42.3 Å². The number of nitrogens with one attached hydrogen (secondary N) is 1. The molecular formula is C20H20N2O. The summed E-state index contributed by atoms with van der Waals surface area (Å²) in [7, 11) is 2.06. The molecule has 3 heteroatoms. The summed E-state index contributed by atoms with van der Waals surface area (Å²) < 4.78 is 2.17. The number of benzene rings is 2. The van der Waals surface area contributed by atoms with Gasteiger partial charge >= 0.3 is 0 Å². The van der Waals surface area contributed by atoms with Crippen LogP contribution in [0.5, 0.6) is 0 Å². The lowest BCUT2D eigenvalue weighted by Crippen LogP contribution is -2.20. The van der Waals surface area contributed by atoms with Gasteiger partial charge in [-0.3, -0.25) is 4.79 Å². The smallest absolute Gasteiger partial charge is 0.244 e. The number of aryl methyl sites for hydroxylation is 2. The van der Waals surface area contributed by atoms with Crippen LogP contribution in [0.2, 0.25) is 0 Å². The molecule has 23 heavy (non-hydrogen) atoms. The highest BCUT2D eigenvalue weighted by atomic mass is 16.1. The summed E-state index contributed by atoms with van der Waals surface area (Å²) >= 11 is 0. The Morgan fingerprint density at radius 3 is 2.70 bits per heavy atom. The van der Waals surface area contributed by atoms with Gasteiger partial charge in [-0.1, -0.05) is 36.4 Å². The van der Waals surface area contributed by atoms with Crippen LogP contribution in [0.25, 0.3) is 17.0 Å². The number of nitrogens with zero attached hydrogens (tertiary/aromatic N) is 1. The number of carbonyl (C=O) groups excluding carboxylic acids is 1. The van der Waals surface area contributed by atoms with Gasteiger partial charge < -0.3 is 9.88 Å². The van der Waals surface area contributed by atoms with Crippen LogP contribution in [0.1, 0.15) is 16.8 Å². The van der Waals surface area contributed by atoms with Crippen LogP contribution < -0.4 is 5.32 Å². The Morgan fingerprint density at radius 1 is 1.13 bits per heavy atom. The van der Waals surface area contributed by atoms with Crippen LogP contribution in [0.3, 0.4) is 0 Å². The van der Waals surface area contributed by atoms with E-state index in [1.165, 1.54) is 16.6 Å². The van der Waals surface area contributed by atoms with E-state index in [1.54, 1.807) is 6.08 Å². The molecule has 1 amide bonds. The van der Waals surface area contributed by atoms with Gasteiger partial charge in [0.25, 0.3) is 0 Å². The van der Waals surface area contributed by atoms with E-state index in [0.29, 0.717) is 6.54 Å². The monoisotopic (exact) mass is 304 g/mol. The highest BCUT2D eigenvalue weighted by molar-refractivity contribution is 5.91. The molecule has 0 bridgehead atoms. The zero-order chi connectivity index (χ0) is 16.2. The first kappa shape index (κ1) is 15.1. The Hall–Kier alpha value is -2.81. The highest BCUT2D eigenvalue weighted by Crippen LogP contribution is 2.19. The van der Waals surface area contributed by atoms with E-state index in [9.17, 15) is 4.79 Å². The molecule has 2 aromatic carbocycles. The lowest BCUT2D eigenvalue weighted by molar-refractivity contribution is -0.116. The second-order valence-electron chi connectivity index (χ2n) is 5.70. The zero-order valence-corrected chi connectivity index (χ0v) is 13.4. The van der Waals surface area contributed by atoms with E-state index in [0.717, 1.165) is 11.1 Å². The van der Waals surface area contributed by atoms with Crippen LogP contribution in [-0.2, 0) is 18.4 Å². The standard InChI is InChI=1S/C20H20N2O/c1-15-12-18-13-17(8-10-19(18)22(15)2)14-21-20(23)11-9-16-6-4-3-5-7-16/h3-13H,14H2,1-2H3,(H,21,23)/b11-9+. The molecule has 0 aliphatic heterocycles. The number of hydrogen-bond donors (Lipinski definition) is 1. The van der Waals surface area contributed by atoms with E-state index < -0.39 is 0 Å². The first-order valence-electron chi connectivity index (χ1n) is 7.69. The number of rotatable bonds is 4. The van der Waals surface area contributed by atoms with Crippen molar-refractivity contribution in [1.82, 2.24) is 9.88 Å². The molecule has 0 aliphatic rings. The minimum atomic E-state index is -0.0850. The fourth-order valence-electron chi connectivity index (χ4n) is 2.63. The van der Waals surface area contributed by atoms with E-state index in [-0.39, 0.29) is 5.91 Å². The van der Waals surface area contributed by atoms with Crippen LogP contribution in [0.15, 0.2) is 60.7 Å². The summed E-state index contributed by atoms with van der Waals surface area (Å²) in [6, 6.07) is 18.2. The molecule has 1 N–H and O–H groups in total. The van der Waals surface area contributed by atoms with Crippen molar-refractivity contribution < 1.29 is 4.79 Å². The summed E-state index contributed by atoms with van der Waals surface area (Å²) in [6.45, 7) is 2.62. The highest BCUT2D eigenvalue weighted by Gasteiger charge is 2.04. The average molecular weight is 304 g/mol. The van der Waals surface area contributed by atoms with Gasteiger partial charge in [0.2, 0.25) is 5.91 Å². The first-order chi connectivity index (χ1) is 11.1. The van der Waals surface area contributed by atoms with Gasteiger partial charge in [-0.2, -0.15) is 0 Å². The van der Waals surface area contributed by atoms with Crippen molar-refractivity contribution in [2.45, 2.75) is 13.5 Å². The molecule has 0 saturated heterocycles. The maximum absolute atomic E-state index is 11.9. The molecule has 3 nitrogen and oxygen atoms in total. The predicted octanol–water partition coefficient (Wildman–Crippen LogP) is 3.82. The molecule has 3 aromatic rings. The maximum Gasteiger partial charge on any atom is 0.244 e.